The van der Waals surface area contributed by atoms with E-state index in [1.165, 1.54) is 11.8 Å². The summed E-state index contributed by atoms with van der Waals surface area (Å²) in [4.78, 5) is 16.6. The number of carbonyl (C=O) groups excluding carboxylic acids is 1. The van der Waals surface area contributed by atoms with Crippen molar-refractivity contribution in [2.75, 3.05) is 12.9 Å². The molecule has 0 saturated carbocycles. The molecule has 1 aromatic heterocycles. The number of ether oxygens (including phenoxy) is 2. The smallest absolute Gasteiger partial charge is 0.208 e. The van der Waals surface area contributed by atoms with Crippen molar-refractivity contribution in [3.05, 3.63) is 65.5 Å². The number of hydrogen-bond donors (Lipinski definition) is 1. The SMILES string of the molecule is COc1ccc(C(=O)CSc2n[nH]c(COc3ccccc3C)n2)cc1. The van der Waals surface area contributed by atoms with E-state index in [-0.39, 0.29) is 11.5 Å². The van der Waals surface area contributed by atoms with Gasteiger partial charge in [0.25, 0.3) is 0 Å². The Morgan fingerprint density at radius 3 is 2.65 bits per heavy atom. The fourth-order valence-electron chi connectivity index (χ4n) is 2.26. The highest BCUT2D eigenvalue weighted by Gasteiger charge is 2.10. The molecule has 3 rings (SSSR count). The summed E-state index contributed by atoms with van der Waals surface area (Å²) in [5.74, 6) is 2.43. The molecule has 0 spiro atoms. The summed E-state index contributed by atoms with van der Waals surface area (Å²) in [6.07, 6.45) is 0. The van der Waals surface area contributed by atoms with Crippen LogP contribution in [0.15, 0.2) is 53.7 Å². The van der Waals surface area contributed by atoms with E-state index in [2.05, 4.69) is 15.2 Å². The molecule has 0 unspecified atom stereocenters. The van der Waals surface area contributed by atoms with Crippen molar-refractivity contribution < 1.29 is 14.3 Å². The minimum absolute atomic E-state index is 0.0140. The van der Waals surface area contributed by atoms with Crippen LogP contribution in [0.5, 0.6) is 11.5 Å². The summed E-state index contributed by atoms with van der Waals surface area (Å²) in [5.41, 5.74) is 1.70. The molecule has 1 heterocycles. The van der Waals surface area contributed by atoms with Gasteiger partial charge in [0.2, 0.25) is 5.16 Å². The highest BCUT2D eigenvalue weighted by molar-refractivity contribution is 7.99. The maximum atomic E-state index is 12.2. The predicted molar refractivity (Wildman–Crippen MR) is 99.9 cm³/mol. The van der Waals surface area contributed by atoms with Crippen LogP contribution < -0.4 is 9.47 Å². The van der Waals surface area contributed by atoms with E-state index in [9.17, 15) is 4.79 Å². The van der Waals surface area contributed by atoms with Gasteiger partial charge < -0.3 is 9.47 Å². The molecule has 0 aliphatic carbocycles. The summed E-state index contributed by atoms with van der Waals surface area (Å²) in [6.45, 7) is 2.28. The topological polar surface area (TPSA) is 77.1 Å². The van der Waals surface area contributed by atoms with Crippen LogP contribution in [0.2, 0.25) is 0 Å². The van der Waals surface area contributed by atoms with Crippen molar-refractivity contribution >= 4 is 17.5 Å². The lowest BCUT2D eigenvalue weighted by Gasteiger charge is -2.06. The first-order chi connectivity index (χ1) is 12.7. The number of methoxy groups -OCH3 is 1. The standard InChI is InChI=1S/C19H19N3O3S/c1-13-5-3-4-6-17(13)25-11-18-20-19(22-21-18)26-12-16(23)14-7-9-15(24-2)10-8-14/h3-10H,11-12H2,1-2H3,(H,20,21,22). The fraction of sp³-hybridized carbons (Fsp3) is 0.211. The number of Topliss-reactive ketones (excluding diaryl/α,β-unsaturated/α-hetero) is 1. The Bertz CT molecular complexity index is 878. The number of carbonyl (C=O) groups is 1. The molecule has 3 aromatic rings. The van der Waals surface area contributed by atoms with E-state index >= 15 is 0 Å². The predicted octanol–water partition coefficient (Wildman–Crippen LogP) is 3.68. The number of aromatic nitrogens is 3. The molecule has 7 heteroatoms. The van der Waals surface area contributed by atoms with Gasteiger partial charge in [0.15, 0.2) is 11.6 Å². The number of rotatable bonds is 8. The number of nitrogens with one attached hydrogen (secondary N) is 1. The second-order valence-electron chi connectivity index (χ2n) is 5.56. The third kappa shape index (κ3) is 4.64. The lowest BCUT2D eigenvalue weighted by molar-refractivity contribution is 0.102. The van der Waals surface area contributed by atoms with E-state index < -0.39 is 0 Å². The first kappa shape index (κ1) is 18.0. The number of ketones is 1. The second-order valence-corrected chi connectivity index (χ2v) is 6.50. The van der Waals surface area contributed by atoms with Gasteiger partial charge in [-0.2, -0.15) is 0 Å². The van der Waals surface area contributed by atoms with Gasteiger partial charge in [-0.05, 0) is 42.8 Å². The van der Waals surface area contributed by atoms with Crippen LogP contribution >= 0.6 is 11.8 Å². The number of H-pyrrole nitrogens is 1. The summed E-state index contributed by atoms with van der Waals surface area (Å²) in [7, 11) is 1.59. The Morgan fingerprint density at radius 2 is 1.92 bits per heavy atom. The van der Waals surface area contributed by atoms with Crippen molar-refractivity contribution in [2.24, 2.45) is 0 Å². The number of aromatic amines is 1. The number of nitrogens with zero attached hydrogens (tertiary/aromatic N) is 2. The summed E-state index contributed by atoms with van der Waals surface area (Å²) in [6, 6.07) is 14.8. The van der Waals surface area contributed by atoms with Gasteiger partial charge in [-0.15, -0.1) is 5.10 Å². The van der Waals surface area contributed by atoms with E-state index in [4.69, 9.17) is 9.47 Å². The summed E-state index contributed by atoms with van der Waals surface area (Å²) < 4.78 is 10.8. The quantitative estimate of drug-likeness (QED) is 0.482. The molecule has 0 saturated heterocycles. The third-order valence-corrected chi connectivity index (χ3v) is 4.56. The molecule has 0 atom stereocenters. The Kier molecular flexibility index (Phi) is 5.91. The summed E-state index contributed by atoms with van der Waals surface area (Å²) in [5, 5.41) is 7.48. The van der Waals surface area contributed by atoms with Gasteiger partial charge in [-0.1, -0.05) is 30.0 Å². The van der Waals surface area contributed by atoms with Crippen molar-refractivity contribution in [1.29, 1.82) is 0 Å². The molecule has 26 heavy (non-hydrogen) atoms. The van der Waals surface area contributed by atoms with Gasteiger partial charge in [0, 0.05) is 5.56 Å². The molecule has 6 nitrogen and oxygen atoms in total. The van der Waals surface area contributed by atoms with E-state index in [0.717, 1.165) is 17.1 Å². The molecular formula is C19H19N3O3S. The van der Waals surface area contributed by atoms with Gasteiger partial charge in [-0.25, -0.2) is 4.98 Å². The lowest BCUT2D eigenvalue weighted by Crippen LogP contribution is -2.02. The van der Waals surface area contributed by atoms with Gasteiger partial charge in [0.1, 0.15) is 18.1 Å². The van der Waals surface area contributed by atoms with E-state index in [1.807, 2.05) is 31.2 Å². The molecular weight excluding hydrogens is 350 g/mol. The second kappa shape index (κ2) is 8.53. The molecule has 0 fully saturated rings. The molecule has 2 aromatic carbocycles. The lowest BCUT2D eigenvalue weighted by atomic mass is 10.1. The van der Waals surface area contributed by atoms with Crippen LogP contribution in [0.4, 0.5) is 0 Å². The average Bonchev–Trinajstić information content (AvgIpc) is 3.13. The highest BCUT2D eigenvalue weighted by Crippen LogP contribution is 2.19. The Hall–Kier alpha value is -2.80. The van der Waals surface area contributed by atoms with Crippen molar-refractivity contribution in [3.8, 4) is 11.5 Å². The van der Waals surface area contributed by atoms with E-state index in [0.29, 0.717) is 23.2 Å². The van der Waals surface area contributed by atoms with Crippen LogP contribution in [-0.4, -0.2) is 33.8 Å². The van der Waals surface area contributed by atoms with Crippen LogP contribution in [0.1, 0.15) is 21.7 Å². The number of thioether (sulfide) groups is 1. The number of hydrogen-bond acceptors (Lipinski definition) is 6. The molecule has 0 aliphatic heterocycles. The first-order valence-electron chi connectivity index (χ1n) is 8.05. The molecule has 1 N–H and O–H groups in total. The monoisotopic (exact) mass is 369 g/mol. The largest absolute Gasteiger partial charge is 0.497 e. The maximum absolute atomic E-state index is 12.2. The molecule has 0 bridgehead atoms. The number of benzene rings is 2. The van der Waals surface area contributed by atoms with Crippen LogP contribution in [0.25, 0.3) is 0 Å². The molecule has 134 valence electrons. The summed E-state index contributed by atoms with van der Waals surface area (Å²) >= 11 is 1.29. The average molecular weight is 369 g/mol. The van der Waals surface area contributed by atoms with Crippen molar-refractivity contribution in [3.63, 3.8) is 0 Å². The highest BCUT2D eigenvalue weighted by atomic mass is 32.2. The zero-order valence-corrected chi connectivity index (χ0v) is 15.4. The number of para-hydroxylation sites is 1. The normalized spacial score (nSPS) is 10.5. The Balaban J connectivity index is 1.51. The molecule has 0 amide bonds. The van der Waals surface area contributed by atoms with Gasteiger partial charge >= 0.3 is 0 Å². The first-order valence-corrected chi connectivity index (χ1v) is 9.04. The Morgan fingerprint density at radius 1 is 1.15 bits per heavy atom. The fourth-order valence-corrected chi connectivity index (χ4v) is 2.97. The molecule has 0 aliphatic rings. The van der Waals surface area contributed by atoms with Crippen LogP contribution in [-0.2, 0) is 6.61 Å². The van der Waals surface area contributed by atoms with Gasteiger partial charge in [-0.3, -0.25) is 9.89 Å². The maximum Gasteiger partial charge on any atom is 0.208 e. The zero-order chi connectivity index (χ0) is 18.4. The zero-order valence-electron chi connectivity index (χ0n) is 14.6. The molecule has 0 radical (unpaired) electrons. The van der Waals surface area contributed by atoms with Crippen LogP contribution in [0.3, 0.4) is 0 Å². The van der Waals surface area contributed by atoms with Crippen molar-refractivity contribution in [2.45, 2.75) is 18.7 Å². The third-order valence-electron chi connectivity index (χ3n) is 3.71. The minimum Gasteiger partial charge on any atom is -0.497 e. The van der Waals surface area contributed by atoms with E-state index in [1.54, 1.807) is 31.4 Å². The Labute approximate surface area is 155 Å². The number of aryl methyl sites for hydroxylation is 1. The minimum atomic E-state index is 0.0140. The van der Waals surface area contributed by atoms with Gasteiger partial charge in [0.05, 0.1) is 12.9 Å². The van der Waals surface area contributed by atoms with Crippen LogP contribution in [0, 0.1) is 6.92 Å². The van der Waals surface area contributed by atoms with Crippen molar-refractivity contribution in [1.82, 2.24) is 15.2 Å².